The smallest absolute Gasteiger partial charge is 0.313 e. The van der Waals surface area contributed by atoms with Gasteiger partial charge in [0, 0.05) is 18.1 Å². The molecule has 1 aromatic carbocycles. The molecule has 0 saturated heterocycles. The Kier molecular flexibility index (Phi) is 4.21. The zero-order valence-electron chi connectivity index (χ0n) is 10.1. The zero-order chi connectivity index (χ0) is 14.7. The van der Waals surface area contributed by atoms with Gasteiger partial charge in [0.05, 0.1) is 11.1 Å². The van der Waals surface area contributed by atoms with Gasteiger partial charge in [-0.15, -0.1) is 0 Å². The summed E-state index contributed by atoms with van der Waals surface area (Å²) >= 11 is 11.6. The van der Waals surface area contributed by atoms with Crippen LogP contribution in [0.15, 0.2) is 24.4 Å². The van der Waals surface area contributed by atoms with E-state index in [-0.39, 0.29) is 33.3 Å². The van der Waals surface area contributed by atoms with Crippen molar-refractivity contribution in [1.82, 2.24) is 9.97 Å². The molecule has 2 aromatic rings. The van der Waals surface area contributed by atoms with Gasteiger partial charge in [-0.3, -0.25) is 10.1 Å². The average Bonchev–Trinajstić information content (AvgIpc) is 2.42. The summed E-state index contributed by atoms with van der Waals surface area (Å²) in [5.41, 5.74) is -0.279. The van der Waals surface area contributed by atoms with Gasteiger partial charge in [-0.2, -0.15) is 4.98 Å². The highest BCUT2D eigenvalue weighted by Crippen LogP contribution is 2.35. The molecule has 0 saturated carbocycles. The highest BCUT2D eigenvalue weighted by atomic mass is 35.5. The van der Waals surface area contributed by atoms with Crippen molar-refractivity contribution in [1.29, 1.82) is 0 Å². The highest BCUT2D eigenvalue weighted by Gasteiger charge is 2.18. The minimum Gasteiger partial charge on any atom is -0.430 e. The van der Waals surface area contributed by atoms with Crippen molar-refractivity contribution >= 4 is 34.8 Å². The van der Waals surface area contributed by atoms with Gasteiger partial charge in [0.2, 0.25) is 17.6 Å². The second kappa shape index (κ2) is 5.89. The van der Waals surface area contributed by atoms with Crippen LogP contribution < -0.4 is 10.1 Å². The molecule has 2 rings (SSSR count). The Morgan fingerprint density at radius 1 is 1.40 bits per heavy atom. The van der Waals surface area contributed by atoms with Gasteiger partial charge in [-0.1, -0.05) is 23.2 Å². The molecule has 1 aromatic heterocycles. The Morgan fingerprint density at radius 3 is 2.80 bits per heavy atom. The third kappa shape index (κ3) is 3.06. The van der Waals surface area contributed by atoms with Gasteiger partial charge in [-0.05, 0) is 12.1 Å². The summed E-state index contributed by atoms with van der Waals surface area (Å²) in [6, 6.07) is 4.03. The van der Waals surface area contributed by atoms with Gasteiger partial charge >= 0.3 is 5.69 Å². The molecule has 0 aliphatic carbocycles. The van der Waals surface area contributed by atoms with Crippen molar-refractivity contribution in [3.63, 3.8) is 0 Å². The van der Waals surface area contributed by atoms with Crippen molar-refractivity contribution in [2.45, 2.75) is 0 Å². The number of anilines is 1. The summed E-state index contributed by atoms with van der Waals surface area (Å²) in [4.78, 5) is 18.2. The molecule has 9 heteroatoms. The number of halogens is 2. The quantitative estimate of drug-likeness (QED) is 0.685. The van der Waals surface area contributed by atoms with E-state index in [9.17, 15) is 10.1 Å². The number of nitrogens with one attached hydrogen (secondary N) is 1. The van der Waals surface area contributed by atoms with E-state index >= 15 is 0 Å². The Bertz CT molecular complexity index is 666. The summed E-state index contributed by atoms with van der Waals surface area (Å²) < 4.78 is 5.38. The van der Waals surface area contributed by atoms with Gasteiger partial charge in [0.1, 0.15) is 5.02 Å². The fourth-order valence-electron chi connectivity index (χ4n) is 1.37. The Morgan fingerprint density at radius 2 is 2.15 bits per heavy atom. The highest BCUT2D eigenvalue weighted by molar-refractivity contribution is 6.31. The predicted octanol–water partition coefficient (Wildman–Crippen LogP) is 3.53. The molecular formula is C11H8Cl2N4O3. The molecule has 0 amide bonds. The first-order valence-electron chi connectivity index (χ1n) is 5.33. The van der Waals surface area contributed by atoms with E-state index in [1.165, 1.54) is 24.4 Å². The summed E-state index contributed by atoms with van der Waals surface area (Å²) in [6.45, 7) is 0. The van der Waals surface area contributed by atoms with E-state index in [0.717, 1.165) is 0 Å². The van der Waals surface area contributed by atoms with Crippen molar-refractivity contribution in [3.05, 3.63) is 44.6 Å². The number of nitro benzene ring substituents is 1. The maximum Gasteiger partial charge on any atom is 0.313 e. The van der Waals surface area contributed by atoms with Gasteiger partial charge < -0.3 is 10.1 Å². The van der Waals surface area contributed by atoms with E-state index in [2.05, 4.69) is 15.3 Å². The number of rotatable bonds is 4. The number of nitrogens with zero attached hydrogens (tertiary/aromatic N) is 3. The fraction of sp³-hybridized carbons (Fsp3) is 0.0909. The minimum absolute atomic E-state index is 0.0106. The van der Waals surface area contributed by atoms with E-state index in [1.54, 1.807) is 7.05 Å². The molecule has 1 N–H and O–H groups in total. The van der Waals surface area contributed by atoms with Crippen LogP contribution in [0.3, 0.4) is 0 Å². The summed E-state index contributed by atoms with van der Waals surface area (Å²) in [6.07, 6.45) is 1.33. The summed E-state index contributed by atoms with van der Waals surface area (Å²) in [7, 11) is 1.62. The van der Waals surface area contributed by atoms with Crippen LogP contribution in [0.4, 0.5) is 11.6 Å². The van der Waals surface area contributed by atoms with E-state index in [4.69, 9.17) is 27.9 Å². The molecule has 0 fully saturated rings. The number of hydrogen-bond acceptors (Lipinski definition) is 6. The lowest BCUT2D eigenvalue weighted by molar-refractivity contribution is -0.385. The molecule has 0 radical (unpaired) electrons. The van der Waals surface area contributed by atoms with Crippen molar-refractivity contribution in [2.24, 2.45) is 0 Å². The Hall–Kier alpha value is -2.12. The van der Waals surface area contributed by atoms with Gasteiger partial charge in [-0.25, -0.2) is 4.98 Å². The van der Waals surface area contributed by atoms with E-state index < -0.39 is 4.92 Å². The van der Waals surface area contributed by atoms with Crippen LogP contribution >= 0.6 is 23.2 Å². The lowest BCUT2D eigenvalue weighted by Gasteiger charge is -2.08. The monoisotopic (exact) mass is 314 g/mol. The van der Waals surface area contributed by atoms with Crippen molar-refractivity contribution < 1.29 is 9.66 Å². The fourth-order valence-corrected chi connectivity index (χ4v) is 1.66. The van der Waals surface area contributed by atoms with Gasteiger partial charge in [0.15, 0.2) is 0 Å². The number of nitro groups is 1. The molecule has 0 spiro atoms. The van der Waals surface area contributed by atoms with Gasteiger partial charge in [0.25, 0.3) is 0 Å². The van der Waals surface area contributed by atoms with Crippen LogP contribution in [-0.2, 0) is 0 Å². The van der Waals surface area contributed by atoms with E-state index in [0.29, 0.717) is 0 Å². The number of ether oxygens (including phenoxy) is 1. The van der Waals surface area contributed by atoms with Crippen molar-refractivity contribution in [3.8, 4) is 11.6 Å². The molecule has 7 nitrogen and oxygen atoms in total. The molecule has 104 valence electrons. The Labute approximate surface area is 123 Å². The molecule has 0 bridgehead atoms. The summed E-state index contributed by atoms with van der Waals surface area (Å²) in [5, 5.41) is 14.0. The predicted molar refractivity (Wildman–Crippen MR) is 74.8 cm³/mol. The first-order chi connectivity index (χ1) is 9.51. The first kappa shape index (κ1) is 14.3. The molecular weight excluding hydrogens is 307 g/mol. The standard InChI is InChI=1S/C11H8Cl2N4O3/c1-14-11-15-5-7(13)10(16-11)20-9-3-2-6(12)4-8(9)17(18)19/h2-5H,1H3,(H,14,15,16). The molecule has 0 aliphatic heterocycles. The van der Waals surface area contributed by atoms with Crippen LogP contribution in [0.2, 0.25) is 10.0 Å². The topological polar surface area (TPSA) is 90.2 Å². The SMILES string of the molecule is CNc1ncc(Cl)c(Oc2ccc(Cl)cc2[N+](=O)[O-])n1. The third-order valence-corrected chi connectivity index (χ3v) is 2.75. The third-order valence-electron chi connectivity index (χ3n) is 2.26. The first-order valence-corrected chi connectivity index (χ1v) is 6.09. The normalized spacial score (nSPS) is 10.2. The number of hydrogen-bond donors (Lipinski definition) is 1. The minimum atomic E-state index is -0.602. The largest absolute Gasteiger partial charge is 0.430 e. The van der Waals surface area contributed by atoms with Crippen molar-refractivity contribution in [2.75, 3.05) is 12.4 Å². The zero-order valence-corrected chi connectivity index (χ0v) is 11.6. The van der Waals surface area contributed by atoms with Crippen LogP contribution in [-0.4, -0.2) is 21.9 Å². The molecule has 0 aliphatic rings. The maximum atomic E-state index is 11.0. The van der Waals surface area contributed by atoms with Crippen LogP contribution in [0.1, 0.15) is 0 Å². The summed E-state index contributed by atoms with van der Waals surface area (Å²) in [5.74, 6) is 0.277. The Balaban J connectivity index is 2.42. The van der Waals surface area contributed by atoms with Crippen LogP contribution in [0.25, 0.3) is 0 Å². The lowest BCUT2D eigenvalue weighted by Crippen LogP contribution is -1.99. The second-order valence-electron chi connectivity index (χ2n) is 3.57. The number of aromatic nitrogens is 2. The molecule has 0 atom stereocenters. The van der Waals surface area contributed by atoms with Crippen LogP contribution in [0, 0.1) is 10.1 Å². The molecule has 0 unspecified atom stereocenters. The van der Waals surface area contributed by atoms with E-state index in [1.807, 2.05) is 0 Å². The second-order valence-corrected chi connectivity index (χ2v) is 4.41. The molecule has 1 heterocycles. The van der Waals surface area contributed by atoms with Crippen LogP contribution in [0.5, 0.6) is 11.6 Å². The average molecular weight is 315 g/mol. The maximum absolute atomic E-state index is 11.0. The lowest BCUT2D eigenvalue weighted by atomic mass is 10.3. The molecule has 20 heavy (non-hydrogen) atoms. The number of benzene rings is 1.